The van der Waals surface area contributed by atoms with E-state index in [-0.39, 0.29) is 0 Å². The molecule has 0 fully saturated rings. The molecule has 0 atom stereocenters. The molecule has 6 heteroatoms. The van der Waals surface area contributed by atoms with Gasteiger partial charge in [-0.1, -0.05) is 39.0 Å². The molecular weight excluding hydrogens is 294 g/mol. The summed E-state index contributed by atoms with van der Waals surface area (Å²) in [5.41, 5.74) is 6.62. The van der Waals surface area contributed by atoms with E-state index in [1.54, 1.807) is 11.3 Å². The van der Waals surface area contributed by atoms with E-state index < -0.39 is 0 Å². The van der Waals surface area contributed by atoms with Crippen LogP contribution in [-0.2, 0) is 0 Å². The summed E-state index contributed by atoms with van der Waals surface area (Å²) in [5.74, 6) is 0. The number of rotatable bonds is 2. The number of hydrogen-bond acceptors (Lipinski definition) is 5. The molecule has 1 aromatic carbocycles. The average molecular weight is 302 g/mol. The molecule has 0 saturated carbocycles. The van der Waals surface area contributed by atoms with E-state index in [0.717, 1.165) is 24.4 Å². The first kappa shape index (κ1) is 10.9. The van der Waals surface area contributed by atoms with Crippen LogP contribution in [0.2, 0.25) is 0 Å². The molecule has 15 heavy (non-hydrogen) atoms. The predicted octanol–water partition coefficient (Wildman–Crippen LogP) is 3.34. The minimum absolute atomic E-state index is 0.760. The van der Waals surface area contributed by atoms with Crippen LogP contribution in [0.3, 0.4) is 0 Å². The number of hydrogen-bond donors (Lipinski definition) is 1. The minimum atomic E-state index is 0.760. The van der Waals surface area contributed by atoms with Gasteiger partial charge in [0.2, 0.25) is 0 Å². The molecule has 1 aromatic heterocycles. The first-order chi connectivity index (χ1) is 7.15. The molecule has 2 aromatic rings. The van der Waals surface area contributed by atoms with Gasteiger partial charge in [-0.2, -0.15) is 0 Å². The zero-order valence-corrected chi connectivity index (χ0v) is 11.1. The molecule has 2 N–H and O–H groups in total. The first-order valence-corrected chi connectivity index (χ1v) is 6.61. The van der Waals surface area contributed by atoms with Crippen LogP contribution in [0.4, 0.5) is 5.69 Å². The van der Waals surface area contributed by atoms with Gasteiger partial charge in [-0.05, 0) is 25.1 Å². The van der Waals surface area contributed by atoms with E-state index in [0.29, 0.717) is 0 Å². The Morgan fingerprint density at radius 3 is 2.87 bits per heavy atom. The summed E-state index contributed by atoms with van der Waals surface area (Å²) < 4.78 is 1.93. The number of anilines is 1. The van der Waals surface area contributed by atoms with Gasteiger partial charge >= 0.3 is 0 Å². The Labute approximate surface area is 104 Å². The van der Waals surface area contributed by atoms with E-state index in [4.69, 9.17) is 5.73 Å². The van der Waals surface area contributed by atoms with E-state index in [1.165, 1.54) is 11.8 Å². The second-order valence-corrected chi connectivity index (χ2v) is 6.26. The van der Waals surface area contributed by atoms with Gasteiger partial charge in [0, 0.05) is 15.1 Å². The third-order valence-electron chi connectivity index (χ3n) is 1.68. The Bertz CT molecular complexity index is 484. The normalized spacial score (nSPS) is 10.5. The lowest BCUT2D eigenvalue weighted by Crippen LogP contribution is -1.87. The van der Waals surface area contributed by atoms with E-state index in [1.807, 2.05) is 25.1 Å². The van der Waals surface area contributed by atoms with Crippen molar-refractivity contribution in [1.29, 1.82) is 0 Å². The lowest BCUT2D eigenvalue weighted by molar-refractivity contribution is 0.984. The number of aryl methyl sites for hydroxylation is 1. The van der Waals surface area contributed by atoms with Crippen molar-refractivity contribution in [1.82, 2.24) is 10.2 Å². The van der Waals surface area contributed by atoms with Gasteiger partial charge in [0.1, 0.15) is 5.01 Å². The fraction of sp³-hybridized carbons (Fsp3) is 0.111. The van der Waals surface area contributed by atoms with Crippen LogP contribution < -0.4 is 5.73 Å². The number of nitrogen functional groups attached to an aromatic ring is 1. The Hall–Kier alpha value is -0.590. The second kappa shape index (κ2) is 4.51. The van der Waals surface area contributed by atoms with Crippen molar-refractivity contribution < 1.29 is 0 Å². The highest BCUT2D eigenvalue weighted by atomic mass is 79.9. The summed E-state index contributed by atoms with van der Waals surface area (Å²) in [6, 6.07) is 5.78. The molecule has 2 rings (SSSR count). The highest BCUT2D eigenvalue weighted by Crippen LogP contribution is 2.35. The van der Waals surface area contributed by atoms with Gasteiger partial charge in [0.25, 0.3) is 0 Å². The van der Waals surface area contributed by atoms with Gasteiger partial charge in [0.15, 0.2) is 4.34 Å². The number of aromatic nitrogens is 2. The fourth-order valence-electron chi connectivity index (χ4n) is 1.01. The summed E-state index contributed by atoms with van der Waals surface area (Å²) in [5, 5.41) is 8.97. The number of benzene rings is 1. The summed E-state index contributed by atoms with van der Waals surface area (Å²) in [6.45, 7) is 1.94. The van der Waals surface area contributed by atoms with Crippen LogP contribution in [0.15, 0.2) is 31.9 Å². The zero-order chi connectivity index (χ0) is 10.8. The van der Waals surface area contributed by atoms with Crippen LogP contribution in [0.5, 0.6) is 0 Å². The first-order valence-electron chi connectivity index (χ1n) is 4.18. The fourth-order valence-corrected chi connectivity index (χ4v) is 3.38. The SMILES string of the molecule is Cc1nnc(Sc2cc(Br)ccc2N)s1. The van der Waals surface area contributed by atoms with Gasteiger partial charge < -0.3 is 5.73 Å². The lowest BCUT2D eigenvalue weighted by atomic mass is 10.3. The molecule has 0 aliphatic rings. The maximum absolute atomic E-state index is 5.86. The molecule has 0 bridgehead atoms. The maximum Gasteiger partial charge on any atom is 0.179 e. The standard InChI is InChI=1S/C9H8BrN3S2/c1-5-12-13-9(14-5)15-8-4-6(10)2-3-7(8)11/h2-4H,11H2,1H3. The largest absolute Gasteiger partial charge is 0.398 e. The topological polar surface area (TPSA) is 51.8 Å². The van der Waals surface area contributed by atoms with Crippen molar-refractivity contribution in [3.8, 4) is 0 Å². The molecule has 0 radical (unpaired) electrons. The van der Waals surface area contributed by atoms with Crippen LogP contribution in [-0.4, -0.2) is 10.2 Å². The molecule has 0 aliphatic carbocycles. The van der Waals surface area contributed by atoms with Crippen LogP contribution in [0.1, 0.15) is 5.01 Å². The Kier molecular flexibility index (Phi) is 3.28. The van der Waals surface area contributed by atoms with E-state index in [2.05, 4.69) is 26.1 Å². The highest BCUT2D eigenvalue weighted by Gasteiger charge is 2.06. The molecule has 3 nitrogen and oxygen atoms in total. The van der Waals surface area contributed by atoms with Crippen molar-refractivity contribution in [2.75, 3.05) is 5.73 Å². The Balaban J connectivity index is 2.27. The zero-order valence-electron chi connectivity index (χ0n) is 7.90. The van der Waals surface area contributed by atoms with Gasteiger partial charge in [-0.25, -0.2) is 0 Å². The van der Waals surface area contributed by atoms with Gasteiger partial charge in [0.05, 0.1) is 0 Å². The maximum atomic E-state index is 5.86. The number of halogens is 1. The van der Waals surface area contributed by atoms with E-state index >= 15 is 0 Å². The quantitative estimate of drug-likeness (QED) is 0.864. The van der Waals surface area contributed by atoms with Crippen molar-refractivity contribution in [3.63, 3.8) is 0 Å². The summed E-state index contributed by atoms with van der Waals surface area (Å²) in [7, 11) is 0. The lowest BCUT2D eigenvalue weighted by Gasteiger charge is -2.02. The summed E-state index contributed by atoms with van der Waals surface area (Å²) in [6.07, 6.45) is 0. The number of nitrogens with zero attached hydrogens (tertiary/aromatic N) is 2. The smallest absolute Gasteiger partial charge is 0.179 e. The molecule has 0 saturated heterocycles. The third-order valence-corrected chi connectivity index (χ3v) is 4.14. The van der Waals surface area contributed by atoms with Crippen molar-refractivity contribution in [2.45, 2.75) is 16.2 Å². The Morgan fingerprint density at radius 2 is 2.20 bits per heavy atom. The number of nitrogens with two attached hydrogens (primary N) is 1. The minimum Gasteiger partial charge on any atom is -0.398 e. The summed E-state index contributed by atoms with van der Waals surface area (Å²) >= 11 is 6.52. The van der Waals surface area contributed by atoms with Crippen LogP contribution in [0.25, 0.3) is 0 Å². The van der Waals surface area contributed by atoms with Crippen LogP contribution in [0, 0.1) is 6.92 Å². The van der Waals surface area contributed by atoms with Crippen LogP contribution >= 0.6 is 39.0 Å². The van der Waals surface area contributed by atoms with Gasteiger partial charge in [-0.15, -0.1) is 10.2 Å². The predicted molar refractivity (Wildman–Crippen MR) is 67.3 cm³/mol. The van der Waals surface area contributed by atoms with E-state index in [9.17, 15) is 0 Å². The van der Waals surface area contributed by atoms with Gasteiger partial charge in [-0.3, -0.25) is 0 Å². The second-order valence-electron chi connectivity index (χ2n) is 2.87. The molecule has 0 aliphatic heterocycles. The van der Waals surface area contributed by atoms with Crippen molar-refractivity contribution >= 4 is 44.7 Å². The molecular formula is C9H8BrN3S2. The molecule has 0 amide bonds. The summed E-state index contributed by atoms with van der Waals surface area (Å²) in [4.78, 5) is 1.00. The van der Waals surface area contributed by atoms with Crippen molar-refractivity contribution in [3.05, 3.63) is 27.7 Å². The molecule has 1 heterocycles. The third kappa shape index (κ3) is 2.70. The molecule has 0 unspecified atom stereocenters. The molecule has 0 spiro atoms. The Morgan fingerprint density at radius 1 is 1.40 bits per heavy atom. The van der Waals surface area contributed by atoms with Crippen molar-refractivity contribution in [2.24, 2.45) is 0 Å². The average Bonchev–Trinajstić information content (AvgIpc) is 2.58. The highest BCUT2D eigenvalue weighted by molar-refractivity contribution is 9.10. The monoisotopic (exact) mass is 301 g/mol. The molecule has 78 valence electrons.